The second-order valence-corrected chi connectivity index (χ2v) is 10.0. The maximum Gasteiger partial charge on any atom is 0.337 e. The fraction of sp³-hybridized carbons (Fsp3) is 0.360. The third-order valence-electron chi connectivity index (χ3n) is 5.24. The number of carbonyl (C=O) groups excluding carboxylic acids is 4. The van der Waals surface area contributed by atoms with E-state index in [2.05, 4.69) is 27.0 Å². The first kappa shape index (κ1) is 31.5. The van der Waals surface area contributed by atoms with E-state index in [4.69, 9.17) is 46.4 Å². The smallest absolute Gasteiger partial charge is 0.307 e. The van der Waals surface area contributed by atoms with Crippen molar-refractivity contribution >= 4 is 75.8 Å². The number of hydrazine groups is 2. The predicted octanol–water partition coefficient (Wildman–Crippen LogP) is 5.96. The highest BCUT2D eigenvalue weighted by Gasteiger charge is 2.09. The summed E-state index contributed by atoms with van der Waals surface area (Å²) in [4.78, 5) is 47.5. The highest BCUT2D eigenvalue weighted by atomic mass is 35.5. The van der Waals surface area contributed by atoms with E-state index in [0.29, 0.717) is 50.6 Å². The highest BCUT2D eigenvalue weighted by molar-refractivity contribution is 6.42. The predicted molar refractivity (Wildman–Crippen MR) is 150 cm³/mol. The van der Waals surface area contributed by atoms with Crippen LogP contribution in [0.3, 0.4) is 0 Å². The molecule has 9 nitrogen and oxygen atoms in total. The highest BCUT2D eigenvalue weighted by Crippen LogP contribution is 2.25. The van der Waals surface area contributed by atoms with Gasteiger partial charge in [0.2, 0.25) is 17.7 Å². The second kappa shape index (κ2) is 17.0. The van der Waals surface area contributed by atoms with Crippen LogP contribution in [0.5, 0.6) is 0 Å². The van der Waals surface area contributed by atoms with Crippen LogP contribution in [-0.2, 0) is 20.8 Å². The lowest BCUT2D eigenvalue weighted by atomic mass is 10.1. The Morgan fingerprint density at radius 3 is 1.63 bits per heavy atom. The third-order valence-corrected chi connectivity index (χ3v) is 6.72. The number of halogens is 4. The van der Waals surface area contributed by atoms with Crippen molar-refractivity contribution in [3.05, 3.63) is 62.1 Å². The van der Waals surface area contributed by atoms with Crippen LogP contribution in [0.2, 0.25) is 20.1 Å². The zero-order chi connectivity index (χ0) is 27.9. The molecule has 0 aromatic heterocycles. The van der Waals surface area contributed by atoms with Crippen LogP contribution in [0, 0.1) is 0 Å². The minimum atomic E-state index is -0.605. The lowest BCUT2D eigenvalue weighted by molar-refractivity contribution is -0.128. The first-order chi connectivity index (χ1) is 18.1. The van der Waals surface area contributed by atoms with Crippen molar-refractivity contribution in [2.45, 2.75) is 57.8 Å². The molecular formula is C25H29Cl4N5O4. The molecule has 0 bridgehead atoms. The van der Waals surface area contributed by atoms with Gasteiger partial charge in [0, 0.05) is 18.5 Å². The van der Waals surface area contributed by atoms with Crippen LogP contribution >= 0.6 is 46.4 Å². The van der Waals surface area contributed by atoms with Gasteiger partial charge in [0.25, 0.3) is 0 Å². The number of hydrogen-bond donors (Lipinski definition) is 5. The number of unbranched alkanes of at least 4 members (excludes halogenated alkanes) is 5. The van der Waals surface area contributed by atoms with Gasteiger partial charge in [-0.05, 0) is 48.7 Å². The molecule has 13 heteroatoms. The molecule has 0 heterocycles. The van der Waals surface area contributed by atoms with E-state index in [1.54, 1.807) is 30.3 Å². The number of rotatable bonds is 12. The van der Waals surface area contributed by atoms with Gasteiger partial charge in [-0.25, -0.2) is 10.2 Å². The SMILES string of the molecule is O=C(CCCCCCCCC(=O)NNC(=O)Nc1ccc(Cl)c(Cl)c1)NNC(=O)Cc1ccc(Cl)c(Cl)c1. The Bertz CT molecular complexity index is 1050. The van der Waals surface area contributed by atoms with Gasteiger partial charge < -0.3 is 5.32 Å². The van der Waals surface area contributed by atoms with E-state index in [1.165, 1.54) is 6.07 Å². The molecule has 2 rings (SSSR count). The molecule has 38 heavy (non-hydrogen) atoms. The van der Waals surface area contributed by atoms with Crippen molar-refractivity contribution in [2.24, 2.45) is 0 Å². The fourth-order valence-corrected chi connectivity index (χ4v) is 3.90. The van der Waals surface area contributed by atoms with E-state index in [1.807, 2.05) is 0 Å². The van der Waals surface area contributed by atoms with E-state index in [-0.39, 0.29) is 30.6 Å². The average molecular weight is 605 g/mol. The van der Waals surface area contributed by atoms with Gasteiger partial charge in [0.05, 0.1) is 26.5 Å². The summed E-state index contributed by atoms with van der Waals surface area (Å²) in [6.45, 7) is 0. The maximum absolute atomic E-state index is 11.9. The summed E-state index contributed by atoms with van der Waals surface area (Å²) in [6.07, 6.45) is 5.54. The van der Waals surface area contributed by atoms with Gasteiger partial charge in [-0.1, -0.05) is 78.2 Å². The summed E-state index contributed by atoms with van der Waals surface area (Å²) in [5.74, 6) is -0.921. The molecule has 0 saturated carbocycles. The van der Waals surface area contributed by atoms with Crippen LogP contribution < -0.4 is 27.0 Å². The minimum absolute atomic E-state index is 0.0666. The van der Waals surface area contributed by atoms with Gasteiger partial charge in [0.1, 0.15) is 0 Å². The summed E-state index contributed by atoms with van der Waals surface area (Å²) >= 11 is 23.5. The van der Waals surface area contributed by atoms with E-state index in [0.717, 1.165) is 25.7 Å². The van der Waals surface area contributed by atoms with Crippen molar-refractivity contribution in [1.82, 2.24) is 21.7 Å². The molecule has 0 radical (unpaired) electrons. The van der Waals surface area contributed by atoms with Crippen LogP contribution in [0.1, 0.15) is 56.9 Å². The molecule has 0 atom stereocenters. The van der Waals surface area contributed by atoms with Crippen molar-refractivity contribution in [3.8, 4) is 0 Å². The zero-order valence-electron chi connectivity index (χ0n) is 20.5. The lowest BCUT2D eigenvalue weighted by Crippen LogP contribution is -2.43. The van der Waals surface area contributed by atoms with Crippen LogP contribution in [0.25, 0.3) is 0 Å². The number of carbonyl (C=O) groups is 4. The van der Waals surface area contributed by atoms with E-state index in [9.17, 15) is 19.2 Å². The van der Waals surface area contributed by atoms with Gasteiger partial charge in [0.15, 0.2) is 0 Å². The molecule has 5 amide bonds. The maximum atomic E-state index is 11.9. The molecule has 0 spiro atoms. The molecule has 2 aromatic rings. The third kappa shape index (κ3) is 12.7. The first-order valence-electron chi connectivity index (χ1n) is 12.0. The minimum Gasteiger partial charge on any atom is -0.307 e. The fourth-order valence-electron chi connectivity index (χ4n) is 3.28. The molecule has 0 saturated heterocycles. The van der Waals surface area contributed by atoms with Crippen LogP contribution in [-0.4, -0.2) is 23.8 Å². The Morgan fingerprint density at radius 1 is 0.553 bits per heavy atom. The molecule has 0 aliphatic heterocycles. The molecule has 0 aliphatic rings. The summed E-state index contributed by atoms with van der Waals surface area (Å²) in [5.41, 5.74) is 10.5. The molecule has 2 aromatic carbocycles. The molecule has 0 fully saturated rings. The topological polar surface area (TPSA) is 128 Å². The number of nitrogens with one attached hydrogen (secondary N) is 5. The summed E-state index contributed by atoms with van der Waals surface area (Å²) in [6, 6.07) is 8.94. The molecular weight excluding hydrogens is 576 g/mol. The lowest BCUT2D eigenvalue weighted by Gasteiger charge is -2.09. The van der Waals surface area contributed by atoms with Gasteiger partial charge in [-0.2, -0.15) is 0 Å². The normalized spacial score (nSPS) is 10.4. The zero-order valence-corrected chi connectivity index (χ0v) is 23.5. The number of hydrogen-bond acceptors (Lipinski definition) is 4. The van der Waals surface area contributed by atoms with E-state index < -0.39 is 6.03 Å². The van der Waals surface area contributed by atoms with Crippen molar-refractivity contribution in [2.75, 3.05) is 5.32 Å². The largest absolute Gasteiger partial charge is 0.337 e. The summed E-state index contributed by atoms with van der Waals surface area (Å²) in [5, 5.41) is 3.98. The Kier molecular flexibility index (Phi) is 14.1. The molecule has 5 N–H and O–H groups in total. The molecule has 206 valence electrons. The Hall–Kier alpha value is -2.72. The van der Waals surface area contributed by atoms with E-state index >= 15 is 0 Å². The molecule has 0 unspecified atom stereocenters. The van der Waals surface area contributed by atoms with Crippen molar-refractivity contribution < 1.29 is 19.2 Å². The molecule has 0 aliphatic carbocycles. The Morgan fingerprint density at radius 2 is 1.05 bits per heavy atom. The first-order valence-corrected chi connectivity index (χ1v) is 13.5. The second-order valence-electron chi connectivity index (χ2n) is 8.40. The number of anilines is 1. The monoisotopic (exact) mass is 603 g/mol. The number of amides is 5. The quantitative estimate of drug-likeness (QED) is 0.151. The average Bonchev–Trinajstić information content (AvgIpc) is 2.87. The van der Waals surface area contributed by atoms with Crippen LogP contribution in [0.15, 0.2) is 36.4 Å². The number of urea groups is 1. The van der Waals surface area contributed by atoms with Gasteiger partial charge in [-0.15, -0.1) is 0 Å². The van der Waals surface area contributed by atoms with Gasteiger partial charge in [-0.3, -0.25) is 30.7 Å². The summed E-state index contributed by atoms with van der Waals surface area (Å²) < 4.78 is 0. The number of benzene rings is 2. The van der Waals surface area contributed by atoms with Gasteiger partial charge >= 0.3 is 6.03 Å². The van der Waals surface area contributed by atoms with Crippen molar-refractivity contribution in [1.29, 1.82) is 0 Å². The standard InChI is InChI=1S/C25H29Cl4N5O4/c26-18-11-9-16(13-20(18)28)14-24(37)33-31-22(35)7-5-3-1-2-4-6-8-23(36)32-34-25(38)30-17-10-12-19(27)21(29)15-17/h9-13,15H,1-8,14H2,(H,31,35)(H,32,36)(H,33,37)(H2,30,34,38). The Labute approximate surface area is 241 Å². The summed E-state index contributed by atoms with van der Waals surface area (Å²) in [7, 11) is 0. The Balaban J connectivity index is 1.44. The van der Waals surface area contributed by atoms with Crippen molar-refractivity contribution in [3.63, 3.8) is 0 Å². The van der Waals surface area contributed by atoms with Crippen LogP contribution in [0.4, 0.5) is 10.5 Å².